The summed E-state index contributed by atoms with van der Waals surface area (Å²) in [7, 11) is 0. The minimum Gasteiger partial charge on any atom is -0.508 e. The van der Waals surface area contributed by atoms with E-state index in [1.807, 2.05) is 18.3 Å². The van der Waals surface area contributed by atoms with E-state index in [-0.39, 0.29) is 5.75 Å². The van der Waals surface area contributed by atoms with Crippen molar-refractivity contribution in [3.05, 3.63) is 30.5 Å². The Hall–Kier alpha value is -1.77. The maximum atomic E-state index is 9.55. The van der Waals surface area contributed by atoms with Crippen LogP contribution in [-0.4, -0.2) is 16.6 Å². The van der Waals surface area contributed by atoms with Crippen LogP contribution in [-0.2, 0) is 0 Å². The molecular formula is C15H18N2O. The number of nitrogens with one attached hydrogen (secondary N) is 1. The molecule has 0 radical (unpaired) electrons. The van der Waals surface area contributed by atoms with Crippen molar-refractivity contribution in [1.82, 2.24) is 4.98 Å². The van der Waals surface area contributed by atoms with Crippen molar-refractivity contribution in [2.75, 3.05) is 11.9 Å². The van der Waals surface area contributed by atoms with Crippen LogP contribution < -0.4 is 5.32 Å². The van der Waals surface area contributed by atoms with Crippen LogP contribution in [0.5, 0.6) is 5.75 Å². The summed E-state index contributed by atoms with van der Waals surface area (Å²) in [6.07, 6.45) is 7.16. The largest absolute Gasteiger partial charge is 0.508 e. The van der Waals surface area contributed by atoms with Gasteiger partial charge >= 0.3 is 0 Å². The van der Waals surface area contributed by atoms with Gasteiger partial charge in [0.2, 0.25) is 0 Å². The predicted octanol–water partition coefficient (Wildman–Crippen LogP) is 3.54. The molecule has 0 atom stereocenters. The van der Waals surface area contributed by atoms with E-state index < -0.39 is 0 Å². The Balaban J connectivity index is 1.71. The number of aromatic hydroxyl groups is 1. The summed E-state index contributed by atoms with van der Waals surface area (Å²) in [6.45, 7) is 0.957. The minimum absolute atomic E-state index is 0.288. The van der Waals surface area contributed by atoms with Gasteiger partial charge in [-0.1, -0.05) is 18.9 Å². The van der Waals surface area contributed by atoms with Crippen LogP contribution in [0.2, 0.25) is 0 Å². The summed E-state index contributed by atoms with van der Waals surface area (Å²) < 4.78 is 0. The summed E-state index contributed by atoms with van der Waals surface area (Å²) in [5, 5.41) is 15.0. The molecule has 1 saturated carbocycles. The van der Waals surface area contributed by atoms with E-state index in [2.05, 4.69) is 10.3 Å². The Bertz CT molecular complexity index is 549. The number of pyridine rings is 1. The van der Waals surface area contributed by atoms with Crippen molar-refractivity contribution in [2.24, 2.45) is 5.92 Å². The highest BCUT2D eigenvalue weighted by Gasteiger charge is 2.19. The Labute approximate surface area is 107 Å². The molecule has 0 bridgehead atoms. The van der Waals surface area contributed by atoms with Crippen LogP contribution in [0.4, 0.5) is 5.82 Å². The molecule has 1 aromatic carbocycles. The van der Waals surface area contributed by atoms with Gasteiger partial charge in [0, 0.05) is 18.1 Å². The van der Waals surface area contributed by atoms with E-state index in [0.29, 0.717) is 0 Å². The molecule has 1 aromatic heterocycles. The Morgan fingerprint density at radius 2 is 2.17 bits per heavy atom. The summed E-state index contributed by atoms with van der Waals surface area (Å²) in [5.74, 6) is 2.15. The van der Waals surface area contributed by atoms with E-state index in [1.165, 1.54) is 25.7 Å². The SMILES string of the molecule is Oc1ccc2ccnc(NCCCC3CC3)c2c1. The molecule has 94 valence electrons. The second kappa shape index (κ2) is 4.84. The molecule has 1 aliphatic rings. The van der Waals surface area contributed by atoms with Gasteiger partial charge in [-0.05, 0) is 42.3 Å². The third-order valence-electron chi connectivity index (χ3n) is 3.53. The quantitative estimate of drug-likeness (QED) is 0.788. The number of aromatic nitrogens is 1. The lowest BCUT2D eigenvalue weighted by molar-refractivity contribution is 0.476. The molecule has 0 spiro atoms. The first-order chi connectivity index (χ1) is 8.83. The number of benzene rings is 1. The van der Waals surface area contributed by atoms with E-state index in [4.69, 9.17) is 0 Å². The van der Waals surface area contributed by atoms with Crippen LogP contribution >= 0.6 is 0 Å². The van der Waals surface area contributed by atoms with Crippen molar-refractivity contribution in [3.8, 4) is 5.75 Å². The van der Waals surface area contributed by atoms with Gasteiger partial charge < -0.3 is 10.4 Å². The lowest BCUT2D eigenvalue weighted by Gasteiger charge is -2.08. The first-order valence-corrected chi connectivity index (χ1v) is 6.64. The lowest BCUT2D eigenvalue weighted by Crippen LogP contribution is -2.03. The maximum absolute atomic E-state index is 9.55. The summed E-state index contributed by atoms with van der Waals surface area (Å²) in [6, 6.07) is 7.36. The summed E-state index contributed by atoms with van der Waals surface area (Å²) >= 11 is 0. The van der Waals surface area contributed by atoms with Gasteiger partial charge in [0.05, 0.1) is 0 Å². The Kier molecular flexibility index (Phi) is 3.05. The molecule has 0 amide bonds. The lowest BCUT2D eigenvalue weighted by atomic mass is 10.1. The van der Waals surface area contributed by atoms with Gasteiger partial charge in [-0.25, -0.2) is 4.98 Å². The molecular weight excluding hydrogens is 224 g/mol. The highest BCUT2D eigenvalue weighted by atomic mass is 16.3. The number of hydrogen-bond acceptors (Lipinski definition) is 3. The highest BCUT2D eigenvalue weighted by molar-refractivity contribution is 5.92. The van der Waals surface area contributed by atoms with Crippen molar-refractivity contribution >= 4 is 16.6 Å². The van der Waals surface area contributed by atoms with Gasteiger partial charge in [-0.2, -0.15) is 0 Å². The zero-order valence-electron chi connectivity index (χ0n) is 10.4. The molecule has 1 aliphatic carbocycles. The predicted molar refractivity (Wildman–Crippen MR) is 73.9 cm³/mol. The van der Waals surface area contributed by atoms with Crippen molar-refractivity contribution < 1.29 is 5.11 Å². The molecule has 1 heterocycles. The number of phenols is 1. The summed E-state index contributed by atoms with van der Waals surface area (Å²) in [4.78, 5) is 4.36. The van der Waals surface area contributed by atoms with E-state index >= 15 is 0 Å². The highest BCUT2D eigenvalue weighted by Crippen LogP contribution is 2.33. The monoisotopic (exact) mass is 242 g/mol. The zero-order chi connectivity index (χ0) is 12.4. The fraction of sp³-hybridized carbons (Fsp3) is 0.400. The van der Waals surface area contributed by atoms with E-state index in [0.717, 1.165) is 29.1 Å². The maximum Gasteiger partial charge on any atom is 0.133 e. The Morgan fingerprint density at radius 1 is 1.28 bits per heavy atom. The molecule has 1 fully saturated rings. The normalized spacial score (nSPS) is 14.9. The van der Waals surface area contributed by atoms with Crippen LogP contribution in [0, 0.1) is 5.92 Å². The molecule has 2 aromatic rings. The second-order valence-corrected chi connectivity index (χ2v) is 5.08. The molecule has 0 unspecified atom stereocenters. The topological polar surface area (TPSA) is 45.2 Å². The van der Waals surface area contributed by atoms with Gasteiger partial charge in [0.1, 0.15) is 11.6 Å². The third-order valence-corrected chi connectivity index (χ3v) is 3.53. The van der Waals surface area contributed by atoms with Crippen LogP contribution in [0.15, 0.2) is 30.5 Å². The van der Waals surface area contributed by atoms with Gasteiger partial charge in [0.25, 0.3) is 0 Å². The van der Waals surface area contributed by atoms with Gasteiger partial charge in [-0.3, -0.25) is 0 Å². The number of phenolic OH excluding ortho intramolecular Hbond substituents is 1. The van der Waals surface area contributed by atoms with Crippen LogP contribution in [0.25, 0.3) is 10.8 Å². The van der Waals surface area contributed by atoms with Crippen molar-refractivity contribution in [2.45, 2.75) is 25.7 Å². The number of fused-ring (bicyclic) bond motifs is 1. The van der Waals surface area contributed by atoms with E-state index in [1.54, 1.807) is 12.1 Å². The van der Waals surface area contributed by atoms with Crippen molar-refractivity contribution in [3.63, 3.8) is 0 Å². The zero-order valence-corrected chi connectivity index (χ0v) is 10.4. The molecule has 3 nitrogen and oxygen atoms in total. The number of hydrogen-bond donors (Lipinski definition) is 2. The molecule has 0 aliphatic heterocycles. The van der Waals surface area contributed by atoms with E-state index in [9.17, 15) is 5.11 Å². The first kappa shape index (κ1) is 11.3. The average molecular weight is 242 g/mol. The number of nitrogens with zero attached hydrogens (tertiary/aromatic N) is 1. The molecule has 18 heavy (non-hydrogen) atoms. The summed E-state index contributed by atoms with van der Waals surface area (Å²) in [5.41, 5.74) is 0. The first-order valence-electron chi connectivity index (χ1n) is 6.64. The Morgan fingerprint density at radius 3 is 3.00 bits per heavy atom. The standard InChI is InChI=1S/C15H18N2O/c18-13-6-5-12-7-9-17-15(14(12)10-13)16-8-1-2-11-3-4-11/h5-7,9-11,18H,1-4,8H2,(H,16,17). The molecule has 2 N–H and O–H groups in total. The van der Waals surface area contributed by atoms with Gasteiger partial charge in [0.15, 0.2) is 0 Å². The fourth-order valence-corrected chi connectivity index (χ4v) is 2.30. The molecule has 3 rings (SSSR count). The van der Waals surface area contributed by atoms with Crippen LogP contribution in [0.3, 0.4) is 0 Å². The minimum atomic E-state index is 0.288. The van der Waals surface area contributed by atoms with Crippen LogP contribution in [0.1, 0.15) is 25.7 Å². The number of anilines is 1. The van der Waals surface area contributed by atoms with Gasteiger partial charge in [-0.15, -0.1) is 0 Å². The number of rotatable bonds is 5. The average Bonchev–Trinajstić information content (AvgIpc) is 3.19. The fourth-order valence-electron chi connectivity index (χ4n) is 2.30. The molecule has 0 saturated heterocycles. The smallest absolute Gasteiger partial charge is 0.133 e. The third kappa shape index (κ3) is 2.55. The molecule has 3 heteroatoms. The van der Waals surface area contributed by atoms with Crippen molar-refractivity contribution in [1.29, 1.82) is 0 Å². The second-order valence-electron chi connectivity index (χ2n) is 5.08.